The predicted octanol–water partition coefficient (Wildman–Crippen LogP) is 1.99. The smallest absolute Gasteiger partial charge is 0.244 e. The van der Waals surface area contributed by atoms with E-state index in [2.05, 4.69) is 38.0 Å². The molecule has 112 valence electrons. The summed E-state index contributed by atoms with van der Waals surface area (Å²) in [6.45, 7) is 2.15. The number of hydrogen-bond donors (Lipinski definition) is 3. The first-order valence-electron chi connectivity index (χ1n) is 6.57. The molecule has 0 aromatic carbocycles. The Hall–Kier alpha value is -0.700. The number of pyridine rings is 1. The molecule has 1 aromatic heterocycles. The molecular weight excluding hydrogens is 344 g/mol. The van der Waals surface area contributed by atoms with E-state index in [9.17, 15) is 8.42 Å². The molecule has 4 N–H and O–H groups in total. The zero-order chi connectivity index (χ0) is 14.8. The van der Waals surface area contributed by atoms with Gasteiger partial charge in [0.05, 0.1) is 0 Å². The molecule has 20 heavy (non-hydrogen) atoms. The Balaban J connectivity index is 2.24. The van der Waals surface area contributed by atoms with Gasteiger partial charge in [-0.05, 0) is 40.8 Å². The summed E-state index contributed by atoms with van der Waals surface area (Å²) in [5, 5.41) is 0. The van der Waals surface area contributed by atoms with Crippen molar-refractivity contribution in [2.24, 2.45) is 11.8 Å². The molecule has 0 saturated heterocycles. The van der Waals surface area contributed by atoms with Crippen molar-refractivity contribution >= 4 is 31.8 Å². The standard InChI is InChI=1S/C12H19BrN4O2S/c1-8-3-2-4-10(5-8)17-20(18,19)11-6-9(13)7-15-12(11)16-14/h6-8,10,17H,2-5,14H2,1H3,(H,15,16). The molecule has 6 nitrogen and oxygen atoms in total. The largest absolute Gasteiger partial charge is 0.307 e. The van der Waals surface area contributed by atoms with Crippen molar-refractivity contribution in [1.29, 1.82) is 0 Å². The second kappa shape index (κ2) is 6.38. The van der Waals surface area contributed by atoms with Crippen molar-refractivity contribution in [2.75, 3.05) is 5.43 Å². The van der Waals surface area contributed by atoms with E-state index in [0.29, 0.717) is 10.4 Å². The molecule has 0 radical (unpaired) electrons. The third-order valence-electron chi connectivity index (χ3n) is 3.50. The molecule has 2 rings (SSSR count). The average Bonchev–Trinajstić information content (AvgIpc) is 2.38. The Bertz CT molecular complexity index is 579. The van der Waals surface area contributed by atoms with Crippen molar-refractivity contribution in [3.05, 3.63) is 16.7 Å². The van der Waals surface area contributed by atoms with Crippen LogP contribution < -0.4 is 16.0 Å². The lowest BCUT2D eigenvalue weighted by molar-refractivity contribution is 0.327. The number of nitrogen functional groups attached to an aromatic ring is 1. The second-order valence-corrected chi connectivity index (χ2v) is 7.83. The van der Waals surface area contributed by atoms with Crippen LogP contribution >= 0.6 is 15.9 Å². The van der Waals surface area contributed by atoms with Crippen molar-refractivity contribution < 1.29 is 8.42 Å². The summed E-state index contributed by atoms with van der Waals surface area (Å²) < 4.78 is 28.3. The van der Waals surface area contributed by atoms with Gasteiger partial charge in [-0.15, -0.1) is 0 Å². The number of halogens is 1. The molecule has 2 atom stereocenters. The van der Waals surface area contributed by atoms with Gasteiger partial charge in [-0.3, -0.25) is 0 Å². The van der Waals surface area contributed by atoms with E-state index in [-0.39, 0.29) is 16.8 Å². The summed E-state index contributed by atoms with van der Waals surface area (Å²) in [5.74, 6) is 6.02. The van der Waals surface area contributed by atoms with Gasteiger partial charge in [0.1, 0.15) is 4.90 Å². The highest BCUT2D eigenvalue weighted by molar-refractivity contribution is 9.10. The molecule has 1 heterocycles. The molecule has 2 unspecified atom stereocenters. The highest BCUT2D eigenvalue weighted by Gasteiger charge is 2.27. The quantitative estimate of drug-likeness (QED) is 0.562. The summed E-state index contributed by atoms with van der Waals surface area (Å²) in [7, 11) is -3.63. The Morgan fingerprint density at radius 1 is 1.45 bits per heavy atom. The minimum Gasteiger partial charge on any atom is -0.307 e. The number of nitrogens with zero attached hydrogens (tertiary/aromatic N) is 1. The predicted molar refractivity (Wildman–Crippen MR) is 81.5 cm³/mol. The minimum absolute atomic E-state index is 0.0200. The first-order valence-corrected chi connectivity index (χ1v) is 8.84. The van der Waals surface area contributed by atoms with Crippen LogP contribution in [-0.2, 0) is 10.0 Å². The lowest BCUT2D eigenvalue weighted by atomic mass is 9.88. The van der Waals surface area contributed by atoms with Gasteiger partial charge < -0.3 is 5.43 Å². The number of anilines is 1. The summed E-state index contributed by atoms with van der Waals surface area (Å²) in [6, 6.07) is 1.48. The van der Waals surface area contributed by atoms with Crippen LogP contribution in [0.5, 0.6) is 0 Å². The maximum Gasteiger partial charge on any atom is 0.244 e. The second-order valence-electron chi connectivity index (χ2n) is 5.23. The van der Waals surface area contributed by atoms with Gasteiger partial charge >= 0.3 is 0 Å². The van der Waals surface area contributed by atoms with E-state index in [1.165, 1.54) is 12.3 Å². The molecule has 1 aromatic rings. The zero-order valence-electron chi connectivity index (χ0n) is 11.3. The Morgan fingerprint density at radius 3 is 2.85 bits per heavy atom. The fourth-order valence-electron chi connectivity index (χ4n) is 2.56. The van der Waals surface area contributed by atoms with Gasteiger partial charge in [0, 0.05) is 16.7 Å². The van der Waals surface area contributed by atoms with E-state index >= 15 is 0 Å². The molecule has 0 aliphatic heterocycles. The van der Waals surface area contributed by atoms with Crippen LogP contribution in [0.1, 0.15) is 32.6 Å². The van der Waals surface area contributed by atoms with Crippen molar-refractivity contribution in [1.82, 2.24) is 9.71 Å². The van der Waals surface area contributed by atoms with Crippen LogP contribution in [0.15, 0.2) is 21.6 Å². The van der Waals surface area contributed by atoms with E-state index in [1.807, 2.05) is 0 Å². The molecule has 1 saturated carbocycles. The summed E-state index contributed by atoms with van der Waals surface area (Å²) >= 11 is 3.23. The lowest BCUT2D eigenvalue weighted by Gasteiger charge is -2.27. The van der Waals surface area contributed by atoms with Crippen molar-refractivity contribution in [3.63, 3.8) is 0 Å². The SMILES string of the molecule is CC1CCCC(NS(=O)(=O)c2cc(Br)cnc2NN)C1. The molecule has 0 bridgehead atoms. The van der Waals surface area contributed by atoms with E-state index in [0.717, 1.165) is 25.7 Å². The fourth-order valence-corrected chi connectivity index (χ4v) is 4.47. The average molecular weight is 363 g/mol. The monoisotopic (exact) mass is 362 g/mol. The highest BCUT2D eigenvalue weighted by atomic mass is 79.9. The third kappa shape index (κ3) is 3.69. The van der Waals surface area contributed by atoms with Crippen LogP contribution in [0, 0.1) is 5.92 Å². The normalized spacial score (nSPS) is 23.6. The summed E-state index contributed by atoms with van der Waals surface area (Å²) in [4.78, 5) is 4.03. The summed E-state index contributed by atoms with van der Waals surface area (Å²) in [6.07, 6.45) is 5.44. The summed E-state index contributed by atoms with van der Waals surface area (Å²) in [5.41, 5.74) is 2.32. The molecule has 1 aliphatic carbocycles. The van der Waals surface area contributed by atoms with Crippen LogP contribution in [-0.4, -0.2) is 19.4 Å². The van der Waals surface area contributed by atoms with E-state index in [1.54, 1.807) is 0 Å². The van der Waals surface area contributed by atoms with Gasteiger partial charge in [-0.2, -0.15) is 0 Å². The van der Waals surface area contributed by atoms with Crippen LogP contribution in [0.2, 0.25) is 0 Å². The highest BCUT2D eigenvalue weighted by Crippen LogP contribution is 2.27. The van der Waals surface area contributed by atoms with Crippen molar-refractivity contribution in [3.8, 4) is 0 Å². The molecule has 1 fully saturated rings. The molecule has 1 aliphatic rings. The third-order valence-corrected chi connectivity index (χ3v) is 5.47. The minimum atomic E-state index is -3.63. The van der Waals surface area contributed by atoms with Gasteiger partial charge in [0.25, 0.3) is 0 Å². The van der Waals surface area contributed by atoms with Gasteiger partial charge in [0.15, 0.2) is 5.82 Å². The number of sulfonamides is 1. The maximum atomic E-state index is 12.5. The van der Waals surface area contributed by atoms with Gasteiger partial charge in [-0.25, -0.2) is 24.0 Å². The van der Waals surface area contributed by atoms with Gasteiger partial charge in [-0.1, -0.05) is 19.8 Å². The number of hydrogen-bond acceptors (Lipinski definition) is 5. The molecule has 0 amide bonds. The topological polar surface area (TPSA) is 97.1 Å². The fraction of sp³-hybridized carbons (Fsp3) is 0.583. The van der Waals surface area contributed by atoms with E-state index < -0.39 is 10.0 Å². The van der Waals surface area contributed by atoms with Crippen LogP contribution in [0.3, 0.4) is 0 Å². The Kier molecular flexibility index (Phi) is 5.00. The van der Waals surface area contributed by atoms with Crippen LogP contribution in [0.4, 0.5) is 5.82 Å². The Labute approximate surface area is 127 Å². The lowest BCUT2D eigenvalue weighted by Crippen LogP contribution is -2.38. The van der Waals surface area contributed by atoms with E-state index in [4.69, 9.17) is 5.84 Å². The zero-order valence-corrected chi connectivity index (χ0v) is 13.7. The number of hydrazine groups is 1. The van der Waals surface area contributed by atoms with Crippen LogP contribution in [0.25, 0.3) is 0 Å². The first-order chi connectivity index (χ1) is 9.42. The number of aromatic nitrogens is 1. The molecule has 8 heteroatoms. The number of rotatable bonds is 4. The molecule has 0 spiro atoms. The first kappa shape index (κ1) is 15.7. The van der Waals surface area contributed by atoms with Crippen molar-refractivity contribution in [2.45, 2.75) is 43.5 Å². The van der Waals surface area contributed by atoms with Gasteiger partial charge in [0.2, 0.25) is 10.0 Å². The maximum absolute atomic E-state index is 12.5. The number of nitrogens with two attached hydrogens (primary N) is 1. The Morgan fingerprint density at radius 2 is 2.20 bits per heavy atom. The number of nitrogens with one attached hydrogen (secondary N) is 2. The molecular formula is C12H19BrN4O2S.